The number of aryl methyl sites for hydroxylation is 1. The van der Waals surface area contributed by atoms with Crippen LogP contribution in [0.25, 0.3) is 0 Å². The number of carbonyl (C=O) groups is 1. The highest BCUT2D eigenvalue weighted by Crippen LogP contribution is 2.30. The number of nitrogens with zero attached hydrogens (tertiary/aromatic N) is 1. The summed E-state index contributed by atoms with van der Waals surface area (Å²) in [6.07, 6.45) is 0. The van der Waals surface area contributed by atoms with Crippen LogP contribution in [-0.2, 0) is 11.3 Å². The Bertz CT molecular complexity index is 649. The van der Waals surface area contributed by atoms with Gasteiger partial charge in [0.15, 0.2) is 0 Å². The summed E-state index contributed by atoms with van der Waals surface area (Å²) in [6.45, 7) is 5.62. The van der Waals surface area contributed by atoms with Crippen molar-refractivity contribution < 1.29 is 4.79 Å². The Morgan fingerprint density at radius 1 is 1.14 bits per heavy atom. The number of hydrogen-bond donors (Lipinski definition) is 1. The summed E-state index contributed by atoms with van der Waals surface area (Å²) in [5.74, 6) is 0.0664. The summed E-state index contributed by atoms with van der Waals surface area (Å²) in [5, 5.41) is 3.02. The molecule has 0 fully saturated rings. The van der Waals surface area contributed by atoms with E-state index in [1.165, 1.54) is 11.1 Å². The molecule has 108 valence electrons. The fraction of sp³-hybridized carbons (Fsp3) is 0.278. The number of para-hydroxylation sites is 2. The Morgan fingerprint density at radius 2 is 1.86 bits per heavy atom. The van der Waals surface area contributed by atoms with Crippen molar-refractivity contribution in [2.24, 2.45) is 5.92 Å². The topological polar surface area (TPSA) is 32.3 Å². The van der Waals surface area contributed by atoms with Crippen LogP contribution in [-0.4, -0.2) is 12.5 Å². The number of amides is 1. The second kappa shape index (κ2) is 5.60. The van der Waals surface area contributed by atoms with Crippen molar-refractivity contribution in [1.29, 1.82) is 0 Å². The van der Waals surface area contributed by atoms with Crippen LogP contribution >= 0.6 is 0 Å². The summed E-state index contributed by atoms with van der Waals surface area (Å²) >= 11 is 0. The predicted octanol–water partition coefficient (Wildman–Crippen LogP) is 3.59. The van der Waals surface area contributed by atoms with Crippen molar-refractivity contribution >= 4 is 17.3 Å². The van der Waals surface area contributed by atoms with Crippen LogP contribution in [0.4, 0.5) is 11.4 Å². The summed E-state index contributed by atoms with van der Waals surface area (Å²) in [5.41, 5.74) is 4.52. The van der Waals surface area contributed by atoms with Gasteiger partial charge in [-0.2, -0.15) is 0 Å². The lowest BCUT2D eigenvalue weighted by Gasteiger charge is -2.25. The largest absolute Gasteiger partial charge is 0.365 e. The highest BCUT2D eigenvalue weighted by atomic mass is 16.1. The Kier molecular flexibility index (Phi) is 3.65. The van der Waals surface area contributed by atoms with E-state index in [1.54, 1.807) is 0 Å². The summed E-state index contributed by atoms with van der Waals surface area (Å²) in [6, 6.07) is 16.6. The van der Waals surface area contributed by atoms with Gasteiger partial charge in [-0.3, -0.25) is 4.79 Å². The van der Waals surface area contributed by atoms with Gasteiger partial charge in [0.2, 0.25) is 5.91 Å². The predicted molar refractivity (Wildman–Crippen MR) is 86.5 cm³/mol. The van der Waals surface area contributed by atoms with Crippen molar-refractivity contribution in [2.45, 2.75) is 20.4 Å². The van der Waals surface area contributed by atoms with Gasteiger partial charge in [-0.25, -0.2) is 0 Å². The van der Waals surface area contributed by atoms with Gasteiger partial charge < -0.3 is 10.2 Å². The highest BCUT2D eigenvalue weighted by Gasteiger charge is 2.24. The highest BCUT2D eigenvalue weighted by molar-refractivity contribution is 5.97. The van der Waals surface area contributed by atoms with E-state index in [-0.39, 0.29) is 11.8 Å². The summed E-state index contributed by atoms with van der Waals surface area (Å²) < 4.78 is 0. The molecule has 3 rings (SSSR count). The molecule has 1 aliphatic rings. The lowest BCUT2D eigenvalue weighted by molar-refractivity contribution is -0.119. The first-order chi connectivity index (χ1) is 10.1. The molecule has 1 N–H and O–H groups in total. The first-order valence-electron chi connectivity index (χ1n) is 7.34. The molecule has 2 aromatic rings. The van der Waals surface area contributed by atoms with Crippen LogP contribution in [0.2, 0.25) is 0 Å². The fourth-order valence-corrected chi connectivity index (χ4v) is 2.69. The first kappa shape index (κ1) is 13.7. The standard InChI is InChI=1S/C18H20N2O/c1-13-7-9-15(10-8-13)12-20-11-14(2)18(21)19-16-5-3-4-6-17(16)20/h3-10,14H,11-12H2,1-2H3,(H,19,21). The minimum absolute atomic E-state index is 0.0251. The molecule has 1 atom stereocenters. The quantitative estimate of drug-likeness (QED) is 0.911. The zero-order chi connectivity index (χ0) is 14.8. The number of rotatable bonds is 2. The van der Waals surface area contributed by atoms with Gasteiger partial charge in [-0.05, 0) is 24.6 Å². The molecule has 1 unspecified atom stereocenters. The van der Waals surface area contributed by atoms with Crippen molar-refractivity contribution in [1.82, 2.24) is 0 Å². The van der Waals surface area contributed by atoms with Gasteiger partial charge in [0.1, 0.15) is 0 Å². The van der Waals surface area contributed by atoms with E-state index in [0.717, 1.165) is 24.5 Å². The van der Waals surface area contributed by atoms with Gasteiger partial charge >= 0.3 is 0 Å². The van der Waals surface area contributed by atoms with Crippen LogP contribution in [0.1, 0.15) is 18.1 Å². The number of anilines is 2. The van der Waals surface area contributed by atoms with Crippen LogP contribution < -0.4 is 10.2 Å². The number of benzene rings is 2. The maximum absolute atomic E-state index is 12.1. The van der Waals surface area contributed by atoms with Crippen molar-refractivity contribution in [3.63, 3.8) is 0 Å². The second-order valence-electron chi connectivity index (χ2n) is 5.77. The summed E-state index contributed by atoms with van der Waals surface area (Å²) in [7, 11) is 0. The van der Waals surface area contributed by atoms with Crippen LogP contribution in [0.3, 0.4) is 0 Å². The van der Waals surface area contributed by atoms with E-state index in [0.29, 0.717) is 0 Å². The Morgan fingerprint density at radius 3 is 2.62 bits per heavy atom. The van der Waals surface area contributed by atoms with Gasteiger partial charge in [-0.15, -0.1) is 0 Å². The van der Waals surface area contributed by atoms with Gasteiger partial charge in [-0.1, -0.05) is 48.9 Å². The number of carbonyl (C=O) groups excluding carboxylic acids is 1. The third-order valence-corrected chi connectivity index (χ3v) is 3.94. The van der Waals surface area contributed by atoms with Crippen molar-refractivity contribution in [2.75, 3.05) is 16.8 Å². The van der Waals surface area contributed by atoms with Crippen LogP contribution in [0, 0.1) is 12.8 Å². The molecule has 0 radical (unpaired) electrons. The molecule has 21 heavy (non-hydrogen) atoms. The molecule has 0 saturated carbocycles. The molecule has 0 spiro atoms. The SMILES string of the molecule is Cc1ccc(CN2CC(C)C(=O)Nc3ccccc32)cc1. The lowest BCUT2D eigenvalue weighted by Crippen LogP contribution is -2.30. The molecular formula is C18H20N2O. The third-order valence-electron chi connectivity index (χ3n) is 3.94. The average molecular weight is 280 g/mol. The Hall–Kier alpha value is -2.29. The number of nitrogens with one attached hydrogen (secondary N) is 1. The number of hydrogen-bond acceptors (Lipinski definition) is 2. The van der Waals surface area contributed by atoms with Gasteiger partial charge in [0.25, 0.3) is 0 Å². The molecule has 0 saturated heterocycles. The minimum atomic E-state index is -0.0251. The normalized spacial score (nSPS) is 17.9. The van der Waals surface area contributed by atoms with Crippen LogP contribution in [0.5, 0.6) is 0 Å². The Labute approximate surface area is 125 Å². The fourth-order valence-electron chi connectivity index (χ4n) is 2.69. The van der Waals surface area contributed by atoms with Crippen LogP contribution in [0.15, 0.2) is 48.5 Å². The summed E-state index contributed by atoms with van der Waals surface area (Å²) in [4.78, 5) is 14.4. The van der Waals surface area contributed by atoms with Gasteiger partial charge in [0, 0.05) is 13.1 Å². The molecule has 1 heterocycles. The molecule has 1 aliphatic heterocycles. The first-order valence-corrected chi connectivity index (χ1v) is 7.34. The lowest BCUT2D eigenvalue weighted by atomic mass is 10.1. The Balaban J connectivity index is 1.92. The molecule has 2 aromatic carbocycles. The van der Waals surface area contributed by atoms with E-state index in [1.807, 2.05) is 25.1 Å². The van der Waals surface area contributed by atoms with E-state index in [2.05, 4.69) is 47.5 Å². The second-order valence-corrected chi connectivity index (χ2v) is 5.77. The molecule has 1 amide bonds. The van der Waals surface area contributed by atoms with Crippen molar-refractivity contribution in [3.8, 4) is 0 Å². The van der Waals surface area contributed by atoms with Crippen molar-refractivity contribution in [3.05, 3.63) is 59.7 Å². The molecule has 0 aromatic heterocycles. The van der Waals surface area contributed by atoms with E-state index >= 15 is 0 Å². The smallest absolute Gasteiger partial charge is 0.229 e. The molecule has 3 nitrogen and oxygen atoms in total. The maximum Gasteiger partial charge on any atom is 0.229 e. The van der Waals surface area contributed by atoms with E-state index < -0.39 is 0 Å². The minimum Gasteiger partial charge on any atom is -0.365 e. The monoisotopic (exact) mass is 280 g/mol. The molecular weight excluding hydrogens is 260 g/mol. The zero-order valence-corrected chi connectivity index (χ0v) is 12.5. The van der Waals surface area contributed by atoms with E-state index in [4.69, 9.17) is 0 Å². The average Bonchev–Trinajstić information content (AvgIpc) is 2.60. The van der Waals surface area contributed by atoms with E-state index in [9.17, 15) is 4.79 Å². The third kappa shape index (κ3) is 2.92. The number of fused-ring (bicyclic) bond motifs is 1. The molecule has 0 aliphatic carbocycles. The molecule has 0 bridgehead atoms. The van der Waals surface area contributed by atoms with Gasteiger partial charge in [0.05, 0.1) is 17.3 Å². The molecule has 3 heteroatoms. The zero-order valence-electron chi connectivity index (χ0n) is 12.5. The maximum atomic E-state index is 12.1.